The van der Waals surface area contributed by atoms with E-state index >= 15 is 0 Å². The third kappa shape index (κ3) is 4.90. The van der Waals surface area contributed by atoms with Crippen molar-refractivity contribution in [3.63, 3.8) is 0 Å². The average molecular weight is 416 g/mol. The number of methoxy groups -OCH3 is 2. The average Bonchev–Trinajstić information content (AvgIpc) is 3.30. The van der Waals surface area contributed by atoms with E-state index in [1.54, 1.807) is 32.4 Å². The van der Waals surface area contributed by atoms with Crippen molar-refractivity contribution in [2.75, 3.05) is 14.2 Å². The molecule has 0 saturated heterocycles. The fourth-order valence-corrected chi connectivity index (χ4v) is 2.99. The lowest BCUT2D eigenvalue weighted by Gasteiger charge is -2.03. The monoisotopic (exact) mass is 416 g/mol. The number of rotatable bonds is 7. The molecule has 0 bridgehead atoms. The molecule has 0 spiro atoms. The van der Waals surface area contributed by atoms with E-state index in [2.05, 4.69) is 10.1 Å². The van der Waals surface area contributed by atoms with E-state index in [1.807, 2.05) is 48.5 Å². The quantitative estimate of drug-likeness (QED) is 0.320. The summed E-state index contributed by atoms with van der Waals surface area (Å²) in [4.78, 5) is 16.3. The van der Waals surface area contributed by atoms with Crippen LogP contribution >= 0.6 is 0 Å². The molecule has 7 heteroatoms. The second-order valence-corrected chi connectivity index (χ2v) is 6.65. The maximum Gasteiger partial charge on any atom is 0.331 e. The van der Waals surface area contributed by atoms with Crippen LogP contribution in [0.1, 0.15) is 11.5 Å². The normalized spacial score (nSPS) is 11.0. The molecule has 1 aromatic heterocycles. The van der Waals surface area contributed by atoms with Gasteiger partial charge in [-0.3, -0.25) is 0 Å². The molecule has 1 heterocycles. The highest BCUT2D eigenvalue weighted by molar-refractivity contribution is 5.90. The number of esters is 1. The van der Waals surface area contributed by atoms with Gasteiger partial charge in [0, 0.05) is 11.6 Å². The summed E-state index contributed by atoms with van der Waals surface area (Å²) in [7, 11) is 3.24. The first-order chi connectivity index (χ1) is 15.1. The standard InChI is InChI=1S/C24H20N2O5/c1-28-20-9-6-17(7-10-20)24-25-22(31-26-24)15-30-23(27)12-4-16-3-5-19-14-21(29-2)11-8-18(19)13-16/h3-14H,15H2,1-2H3/b12-4+. The van der Waals surface area contributed by atoms with Crippen LogP contribution in [0.4, 0.5) is 0 Å². The molecular formula is C24H20N2O5. The number of hydrogen-bond donors (Lipinski definition) is 0. The number of ether oxygens (including phenoxy) is 3. The first-order valence-corrected chi connectivity index (χ1v) is 9.54. The Morgan fingerprint density at radius 1 is 0.935 bits per heavy atom. The molecule has 0 atom stereocenters. The van der Waals surface area contributed by atoms with Gasteiger partial charge in [-0.25, -0.2) is 4.79 Å². The van der Waals surface area contributed by atoms with Gasteiger partial charge in [-0.2, -0.15) is 4.98 Å². The number of carbonyl (C=O) groups is 1. The van der Waals surface area contributed by atoms with E-state index < -0.39 is 5.97 Å². The highest BCUT2D eigenvalue weighted by Gasteiger charge is 2.10. The second-order valence-electron chi connectivity index (χ2n) is 6.65. The van der Waals surface area contributed by atoms with Crippen molar-refractivity contribution in [1.82, 2.24) is 10.1 Å². The van der Waals surface area contributed by atoms with Crippen LogP contribution in [0.3, 0.4) is 0 Å². The van der Waals surface area contributed by atoms with E-state index in [4.69, 9.17) is 18.7 Å². The lowest BCUT2D eigenvalue weighted by atomic mass is 10.1. The summed E-state index contributed by atoms with van der Waals surface area (Å²) in [6.07, 6.45) is 3.06. The van der Waals surface area contributed by atoms with Crippen LogP contribution in [0.2, 0.25) is 0 Å². The maximum absolute atomic E-state index is 12.1. The molecule has 3 aromatic carbocycles. The third-order valence-electron chi connectivity index (χ3n) is 4.64. The van der Waals surface area contributed by atoms with Crippen LogP contribution in [-0.4, -0.2) is 30.3 Å². The van der Waals surface area contributed by atoms with Crippen LogP contribution in [-0.2, 0) is 16.1 Å². The lowest BCUT2D eigenvalue weighted by molar-refractivity contribution is -0.139. The smallest absolute Gasteiger partial charge is 0.331 e. The predicted molar refractivity (Wildman–Crippen MR) is 116 cm³/mol. The molecule has 0 aliphatic heterocycles. The molecule has 0 saturated carbocycles. The number of fused-ring (bicyclic) bond motifs is 1. The molecule has 0 radical (unpaired) electrons. The van der Waals surface area contributed by atoms with Crippen molar-refractivity contribution in [1.29, 1.82) is 0 Å². The van der Waals surface area contributed by atoms with Crippen molar-refractivity contribution < 1.29 is 23.5 Å². The van der Waals surface area contributed by atoms with Gasteiger partial charge in [0.05, 0.1) is 14.2 Å². The molecule has 0 unspecified atom stereocenters. The predicted octanol–water partition coefficient (Wildman–Crippen LogP) is 4.66. The Labute approximate surface area is 178 Å². The zero-order valence-corrected chi connectivity index (χ0v) is 17.1. The Kier molecular flexibility index (Phi) is 5.93. The van der Waals surface area contributed by atoms with Crippen LogP contribution in [0.25, 0.3) is 28.2 Å². The molecule has 0 aliphatic rings. The summed E-state index contributed by atoms with van der Waals surface area (Å²) in [6.45, 7) is -0.107. The van der Waals surface area contributed by atoms with Crippen LogP contribution in [0.5, 0.6) is 11.5 Å². The summed E-state index contributed by atoms with van der Waals surface area (Å²) in [5.74, 6) is 1.66. The molecule has 31 heavy (non-hydrogen) atoms. The molecule has 4 aromatic rings. The van der Waals surface area contributed by atoms with Gasteiger partial charge in [-0.05, 0) is 64.9 Å². The number of hydrogen-bond acceptors (Lipinski definition) is 7. The number of nitrogens with zero attached hydrogens (tertiary/aromatic N) is 2. The van der Waals surface area contributed by atoms with E-state index in [0.29, 0.717) is 5.82 Å². The number of benzene rings is 3. The summed E-state index contributed by atoms with van der Waals surface area (Å²) < 4.78 is 20.7. The van der Waals surface area contributed by atoms with Gasteiger partial charge in [0.1, 0.15) is 11.5 Å². The van der Waals surface area contributed by atoms with Crippen molar-refractivity contribution in [3.05, 3.63) is 78.2 Å². The Morgan fingerprint density at radius 2 is 1.65 bits per heavy atom. The van der Waals surface area contributed by atoms with Crippen LogP contribution < -0.4 is 9.47 Å². The minimum absolute atomic E-state index is 0.107. The van der Waals surface area contributed by atoms with E-state index in [-0.39, 0.29) is 12.5 Å². The summed E-state index contributed by atoms with van der Waals surface area (Å²) in [5.41, 5.74) is 1.66. The van der Waals surface area contributed by atoms with Gasteiger partial charge in [-0.1, -0.05) is 23.4 Å². The molecule has 0 fully saturated rings. The summed E-state index contributed by atoms with van der Waals surface area (Å²) in [6, 6.07) is 19.0. The lowest BCUT2D eigenvalue weighted by Crippen LogP contribution is -2.01. The van der Waals surface area contributed by atoms with Crippen molar-refractivity contribution in [2.24, 2.45) is 0 Å². The molecular weight excluding hydrogens is 396 g/mol. The van der Waals surface area contributed by atoms with Crippen LogP contribution in [0, 0.1) is 0 Å². The zero-order valence-electron chi connectivity index (χ0n) is 17.1. The molecule has 156 valence electrons. The summed E-state index contributed by atoms with van der Waals surface area (Å²) >= 11 is 0. The minimum Gasteiger partial charge on any atom is -0.497 e. The van der Waals surface area contributed by atoms with Crippen molar-refractivity contribution in [2.45, 2.75) is 6.61 Å². The van der Waals surface area contributed by atoms with Gasteiger partial charge < -0.3 is 18.7 Å². The fourth-order valence-electron chi connectivity index (χ4n) is 2.99. The first-order valence-electron chi connectivity index (χ1n) is 9.54. The van der Waals surface area contributed by atoms with Gasteiger partial charge in [0.15, 0.2) is 6.61 Å². The Hall–Kier alpha value is -4.13. The van der Waals surface area contributed by atoms with Gasteiger partial charge >= 0.3 is 5.97 Å². The summed E-state index contributed by atoms with van der Waals surface area (Å²) in [5, 5.41) is 6.02. The number of carbonyl (C=O) groups excluding carboxylic acids is 1. The number of aromatic nitrogens is 2. The topological polar surface area (TPSA) is 83.7 Å². The van der Waals surface area contributed by atoms with E-state index in [0.717, 1.165) is 33.4 Å². The van der Waals surface area contributed by atoms with Crippen molar-refractivity contribution in [3.8, 4) is 22.9 Å². The zero-order chi connectivity index (χ0) is 21.6. The van der Waals surface area contributed by atoms with Gasteiger partial charge in [0.2, 0.25) is 5.82 Å². The van der Waals surface area contributed by atoms with Crippen LogP contribution in [0.15, 0.2) is 71.3 Å². The highest BCUT2D eigenvalue weighted by atomic mass is 16.6. The Bertz CT molecular complexity index is 1230. The highest BCUT2D eigenvalue weighted by Crippen LogP contribution is 2.22. The molecule has 0 amide bonds. The van der Waals surface area contributed by atoms with E-state index in [9.17, 15) is 4.79 Å². The van der Waals surface area contributed by atoms with E-state index in [1.165, 1.54) is 6.08 Å². The Morgan fingerprint density at radius 3 is 2.42 bits per heavy atom. The third-order valence-corrected chi connectivity index (χ3v) is 4.64. The fraction of sp³-hybridized carbons (Fsp3) is 0.125. The minimum atomic E-state index is -0.501. The molecule has 0 aliphatic carbocycles. The Balaban J connectivity index is 1.35. The first kappa shape index (κ1) is 20.2. The molecule has 0 N–H and O–H groups in total. The van der Waals surface area contributed by atoms with Crippen molar-refractivity contribution >= 4 is 22.8 Å². The largest absolute Gasteiger partial charge is 0.497 e. The van der Waals surface area contributed by atoms with Gasteiger partial charge in [-0.15, -0.1) is 0 Å². The van der Waals surface area contributed by atoms with Gasteiger partial charge in [0.25, 0.3) is 5.89 Å². The molecule has 7 nitrogen and oxygen atoms in total. The second kappa shape index (κ2) is 9.13. The SMILES string of the molecule is COc1ccc(-c2noc(COC(=O)/C=C/c3ccc4cc(OC)ccc4c3)n2)cc1. The molecule has 4 rings (SSSR count). The maximum atomic E-state index is 12.1.